The van der Waals surface area contributed by atoms with Gasteiger partial charge in [-0.15, -0.1) is 0 Å². The Morgan fingerprint density at radius 3 is 2.39 bits per heavy atom. The standard InChI is InChI=1S/C17H11ClF3IO/c18-13-7-3-6-12(17(19,20)21)15(13)16(23)11-8-14(22)10-5-2-1-4-9(10)11/h1-7,11,14H,8H2. The third-order valence-corrected chi connectivity index (χ3v) is 5.53. The molecule has 0 heterocycles. The van der Waals surface area contributed by atoms with Crippen LogP contribution < -0.4 is 0 Å². The summed E-state index contributed by atoms with van der Waals surface area (Å²) in [6, 6.07) is 10.8. The number of ketones is 1. The molecule has 0 radical (unpaired) electrons. The Balaban J connectivity index is 2.10. The van der Waals surface area contributed by atoms with Crippen LogP contribution >= 0.6 is 34.2 Å². The highest BCUT2D eigenvalue weighted by molar-refractivity contribution is 14.1. The predicted octanol–water partition coefficient (Wildman–Crippen LogP) is 6.21. The number of benzene rings is 2. The van der Waals surface area contributed by atoms with E-state index in [9.17, 15) is 18.0 Å². The van der Waals surface area contributed by atoms with Crippen molar-refractivity contribution in [3.63, 3.8) is 0 Å². The SMILES string of the molecule is O=C(c1c(Cl)cccc1C(F)(F)F)C1CC(I)c2ccccc21. The Morgan fingerprint density at radius 1 is 1.09 bits per heavy atom. The number of hydrogen-bond acceptors (Lipinski definition) is 1. The van der Waals surface area contributed by atoms with Crippen LogP contribution in [0.1, 0.15) is 43.3 Å². The smallest absolute Gasteiger partial charge is 0.293 e. The Kier molecular flexibility index (Phi) is 4.44. The molecule has 23 heavy (non-hydrogen) atoms. The lowest BCUT2D eigenvalue weighted by molar-refractivity contribution is -0.137. The van der Waals surface area contributed by atoms with Crippen molar-refractivity contribution in [1.82, 2.24) is 0 Å². The number of fused-ring (bicyclic) bond motifs is 1. The summed E-state index contributed by atoms with van der Waals surface area (Å²) in [5, 5.41) is -0.154. The number of carbonyl (C=O) groups excluding carboxylic acids is 1. The zero-order valence-corrected chi connectivity index (χ0v) is 14.6. The Bertz CT molecular complexity index is 773. The number of carbonyl (C=O) groups is 1. The predicted molar refractivity (Wildman–Crippen MR) is 91.3 cm³/mol. The molecule has 2 atom stereocenters. The average molecular weight is 451 g/mol. The van der Waals surface area contributed by atoms with Crippen molar-refractivity contribution in [3.05, 3.63) is 69.7 Å². The average Bonchev–Trinajstić information content (AvgIpc) is 2.83. The molecule has 0 saturated heterocycles. The Hall–Kier alpha value is -1.08. The van der Waals surface area contributed by atoms with Gasteiger partial charge in [-0.2, -0.15) is 13.2 Å². The molecule has 0 bridgehead atoms. The molecular formula is C17H11ClF3IO. The van der Waals surface area contributed by atoms with Crippen molar-refractivity contribution in [2.75, 3.05) is 0 Å². The van der Waals surface area contributed by atoms with Gasteiger partial charge in [0.05, 0.1) is 10.6 Å². The lowest BCUT2D eigenvalue weighted by atomic mass is 9.89. The molecule has 0 spiro atoms. The maximum absolute atomic E-state index is 13.2. The first-order chi connectivity index (χ1) is 10.8. The molecule has 2 unspecified atom stereocenters. The van der Waals surface area contributed by atoms with Crippen molar-refractivity contribution < 1.29 is 18.0 Å². The van der Waals surface area contributed by atoms with E-state index in [0.29, 0.717) is 6.42 Å². The first kappa shape index (κ1) is 16.8. The van der Waals surface area contributed by atoms with Gasteiger partial charge in [0.15, 0.2) is 5.78 Å². The summed E-state index contributed by atoms with van der Waals surface area (Å²) in [6.07, 6.45) is -4.13. The highest BCUT2D eigenvalue weighted by atomic mass is 127. The number of alkyl halides is 4. The second kappa shape index (κ2) is 6.09. The van der Waals surface area contributed by atoms with Crippen LogP contribution in [0.3, 0.4) is 0 Å². The van der Waals surface area contributed by atoms with Crippen LogP contribution in [0.2, 0.25) is 5.02 Å². The summed E-state index contributed by atoms with van der Waals surface area (Å²) in [7, 11) is 0. The minimum absolute atomic E-state index is 0.106. The first-order valence-corrected chi connectivity index (χ1v) is 8.56. The number of rotatable bonds is 2. The van der Waals surface area contributed by atoms with Crippen LogP contribution in [-0.4, -0.2) is 5.78 Å². The van der Waals surface area contributed by atoms with Crippen LogP contribution in [-0.2, 0) is 6.18 Å². The van der Waals surface area contributed by atoms with Crippen LogP contribution in [0.4, 0.5) is 13.2 Å². The summed E-state index contributed by atoms with van der Waals surface area (Å²) in [4.78, 5) is 12.9. The maximum atomic E-state index is 13.2. The minimum atomic E-state index is -4.61. The normalized spacial score (nSPS) is 20.4. The molecule has 0 fully saturated rings. The van der Waals surface area contributed by atoms with Gasteiger partial charge in [-0.3, -0.25) is 4.79 Å². The number of hydrogen-bond donors (Lipinski definition) is 0. The van der Waals surface area contributed by atoms with Gasteiger partial charge in [0.25, 0.3) is 0 Å². The molecule has 120 valence electrons. The van der Waals surface area contributed by atoms with Crippen molar-refractivity contribution in [2.45, 2.75) is 22.4 Å². The number of halogens is 5. The summed E-state index contributed by atoms with van der Waals surface area (Å²) in [5.41, 5.74) is 0.411. The lowest BCUT2D eigenvalue weighted by Crippen LogP contribution is -2.18. The molecule has 1 aliphatic rings. The van der Waals surface area contributed by atoms with Crippen molar-refractivity contribution >= 4 is 40.0 Å². The Labute approximate surface area is 150 Å². The van der Waals surface area contributed by atoms with E-state index in [-0.39, 0.29) is 8.95 Å². The van der Waals surface area contributed by atoms with E-state index in [1.165, 1.54) is 12.1 Å². The van der Waals surface area contributed by atoms with Crippen molar-refractivity contribution in [3.8, 4) is 0 Å². The van der Waals surface area contributed by atoms with Gasteiger partial charge in [0.2, 0.25) is 0 Å². The zero-order valence-electron chi connectivity index (χ0n) is 11.7. The molecule has 0 amide bonds. The van der Waals surface area contributed by atoms with Crippen molar-refractivity contribution in [1.29, 1.82) is 0 Å². The largest absolute Gasteiger partial charge is 0.417 e. The molecule has 2 aromatic rings. The van der Waals surface area contributed by atoms with Gasteiger partial charge in [-0.25, -0.2) is 0 Å². The summed E-state index contributed by atoms with van der Waals surface area (Å²) < 4.78 is 39.8. The second-order valence-corrected chi connectivity index (χ2v) is 7.32. The maximum Gasteiger partial charge on any atom is 0.417 e. The second-order valence-electron chi connectivity index (χ2n) is 5.41. The zero-order chi connectivity index (χ0) is 16.8. The molecule has 0 N–H and O–H groups in total. The molecular weight excluding hydrogens is 440 g/mol. The van der Waals surface area contributed by atoms with Crippen LogP contribution in [0, 0.1) is 0 Å². The molecule has 0 aliphatic heterocycles. The summed E-state index contributed by atoms with van der Waals surface area (Å²) >= 11 is 8.17. The fraction of sp³-hybridized carbons (Fsp3) is 0.235. The van der Waals surface area contributed by atoms with E-state index >= 15 is 0 Å². The molecule has 0 aromatic heterocycles. The molecule has 6 heteroatoms. The summed E-state index contributed by atoms with van der Waals surface area (Å²) in [6.45, 7) is 0. The van der Waals surface area contributed by atoms with E-state index in [1.807, 2.05) is 12.1 Å². The van der Waals surface area contributed by atoms with Crippen molar-refractivity contribution in [2.24, 2.45) is 0 Å². The third kappa shape index (κ3) is 3.01. The molecule has 1 aliphatic carbocycles. The quantitative estimate of drug-likeness (QED) is 0.302. The molecule has 2 aromatic carbocycles. The Morgan fingerprint density at radius 2 is 1.74 bits per heavy atom. The van der Waals surface area contributed by atoms with E-state index < -0.39 is 29.0 Å². The molecule has 1 nitrogen and oxygen atoms in total. The topological polar surface area (TPSA) is 17.1 Å². The van der Waals surface area contributed by atoms with Gasteiger partial charge in [0, 0.05) is 15.4 Å². The highest BCUT2D eigenvalue weighted by Gasteiger charge is 2.40. The van der Waals surface area contributed by atoms with Crippen LogP contribution in [0.25, 0.3) is 0 Å². The van der Waals surface area contributed by atoms with Gasteiger partial charge in [-0.1, -0.05) is 64.5 Å². The van der Waals surface area contributed by atoms with Gasteiger partial charge in [-0.05, 0) is 29.7 Å². The fourth-order valence-electron chi connectivity index (χ4n) is 3.01. The van der Waals surface area contributed by atoms with Gasteiger partial charge < -0.3 is 0 Å². The highest BCUT2D eigenvalue weighted by Crippen LogP contribution is 2.48. The van der Waals surface area contributed by atoms with Crippen LogP contribution in [0.5, 0.6) is 0 Å². The van der Waals surface area contributed by atoms with E-state index in [1.54, 1.807) is 12.1 Å². The minimum Gasteiger partial charge on any atom is -0.293 e. The van der Waals surface area contributed by atoms with Gasteiger partial charge >= 0.3 is 6.18 Å². The number of Topliss-reactive ketones (excluding diaryl/α,β-unsaturated/α-hetero) is 1. The monoisotopic (exact) mass is 450 g/mol. The van der Waals surface area contributed by atoms with E-state index in [0.717, 1.165) is 17.2 Å². The molecule has 0 saturated carbocycles. The van der Waals surface area contributed by atoms with E-state index in [2.05, 4.69) is 22.6 Å². The lowest BCUT2D eigenvalue weighted by Gasteiger charge is -2.17. The van der Waals surface area contributed by atoms with Gasteiger partial charge in [0.1, 0.15) is 0 Å². The summed E-state index contributed by atoms with van der Waals surface area (Å²) in [5.74, 6) is -1.15. The van der Waals surface area contributed by atoms with E-state index in [4.69, 9.17) is 11.6 Å². The fourth-order valence-corrected chi connectivity index (χ4v) is 4.35. The third-order valence-electron chi connectivity index (χ3n) is 4.03. The first-order valence-electron chi connectivity index (χ1n) is 6.93. The van der Waals surface area contributed by atoms with Crippen LogP contribution in [0.15, 0.2) is 42.5 Å². The molecule has 3 rings (SSSR count).